The van der Waals surface area contributed by atoms with Crippen LogP contribution in [0, 0.1) is 5.82 Å². The van der Waals surface area contributed by atoms with Crippen LogP contribution in [-0.4, -0.2) is 40.0 Å². The second-order valence-electron chi connectivity index (χ2n) is 7.72. The Hall–Kier alpha value is -2.61. The molecule has 1 aliphatic heterocycles. The van der Waals surface area contributed by atoms with Crippen molar-refractivity contribution in [1.29, 1.82) is 0 Å². The fraction of sp³-hybridized carbons (Fsp3) is 0.450. The number of aromatic nitrogens is 2. The Morgan fingerprint density at radius 3 is 2.79 bits per heavy atom. The van der Waals surface area contributed by atoms with Crippen LogP contribution in [0.1, 0.15) is 37.4 Å². The molecule has 2 aliphatic rings. The van der Waals surface area contributed by atoms with E-state index in [1.165, 1.54) is 12.1 Å². The Morgan fingerprint density at radius 2 is 2.10 bits per heavy atom. The molecule has 1 aliphatic carbocycles. The first-order valence-corrected chi connectivity index (χ1v) is 9.96. The minimum atomic E-state index is -0.750. The number of rotatable bonds is 3. The molecule has 1 unspecified atom stereocenters. The van der Waals surface area contributed by atoms with E-state index in [9.17, 15) is 14.0 Å². The average Bonchev–Trinajstić information content (AvgIpc) is 3.02. The molecular weight excluding hydrogens is 399 g/mol. The number of piperidine rings is 1. The smallest absolute Gasteiger partial charge is 0.263 e. The standard InChI is InChI=1S/C20H22ClFN4O3/c1-11(29-15-3-2-12(22)10-14(15)21)18(28)26-8-6-20(7-9-26)5-4-13-16(20)24-19(23)25-17(13)27/h2-3,10-11H,4-9H2,1H3,(H3,23,24,25,27). The topological polar surface area (TPSA) is 101 Å². The summed E-state index contributed by atoms with van der Waals surface area (Å²) in [5, 5.41) is 0.124. The monoisotopic (exact) mass is 420 g/mol. The highest BCUT2D eigenvalue weighted by Gasteiger charge is 2.45. The van der Waals surface area contributed by atoms with Crippen LogP contribution in [0.4, 0.5) is 10.3 Å². The number of nitrogen functional groups attached to an aromatic ring is 1. The summed E-state index contributed by atoms with van der Waals surface area (Å²) in [5.41, 5.74) is 6.87. The lowest BCUT2D eigenvalue weighted by atomic mass is 9.76. The number of H-pyrrole nitrogens is 1. The molecule has 0 saturated carbocycles. The number of ether oxygens (including phenoxy) is 1. The summed E-state index contributed by atoms with van der Waals surface area (Å²) >= 11 is 5.98. The van der Waals surface area contributed by atoms with Crippen molar-refractivity contribution in [3.05, 3.63) is 50.7 Å². The molecule has 154 valence electrons. The molecule has 9 heteroatoms. The fourth-order valence-electron chi connectivity index (χ4n) is 4.38. The molecule has 4 rings (SSSR count). The number of likely N-dealkylation sites (tertiary alicyclic amines) is 1. The summed E-state index contributed by atoms with van der Waals surface area (Å²) in [6.07, 6.45) is 2.19. The molecule has 2 heterocycles. The van der Waals surface area contributed by atoms with Gasteiger partial charge in [-0.05, 0) is 50.8 Å². The quantitative estimate of drug-likeness (QED) is 0.794. The third-order valence-corrected chi connectivity index (χ3v) is 6.26. The van der Waals surface area contributed by atoms with Gasteiger partial charge in [-0.2, -0.15) is 0 Å². The third-order valence-electron chi connectivity index (χ3n) is 5.97. The third kappa shape index (κ3) is 3.57. The minimum absolute atomic E-state index is 0.124. The van der Waals surface area contributed by atoms with Crippen LogP contribution < -0.4 is 16.0 Å². The Labute approximate surface area is 172 Å². The zero-order valence-corrected chi connectivity index (χ0v) is 16.8. The molecule has 3 N–H and O–H groups in total. The summed E-state index contributed by atoms with van der Waals surface area (Å²) in [5.74, 6) is -0.220. The number of amides is 1. The van der Waals surface area contributed by atoms with Gasteiger partial charge in [0.05, 0.1) is 10.7 Å². The maximum Gasteiger partial charge on any atom is 0.263 e. The van der Waals surface area contributed by atoms with Gasteiger partial charge in [0.1, 0.15) is 11.6 Å². The van der Waals surface area contributed by atoms with E-state index in [0.717, 1.165) is 18.2 Å². The first kappa shape index (κ1) is 19.7. The molecule has 7 nitrogen and oxygen atoms in total. The van der Waals surface area contributed by atoms with Gasteiger partial charge in [-0.15, -0.1) is 0 Å². The molecule has 1 spiro atoms. The van der Waals surface area contributed by atoms with Crippen LogP contribution in [0.3, 0.4) is 0 Å². The fourth-order valence-corrected chi connectivity index (χ4v) is 4.59. The van der Waals surface area contributed by atoms with Gasteiger partial charge in [-0.1, -0.05) is 11.6 Å². The van der Waals surface area contributed by atoms with E-state index in [2.05, 4.69) is 9.97 Å². The number of nitrogens with zero attached hydrogens (tertiary/aromatic N) is 2. The maximum atomic E-state index is 13.2. The van der Waals surface area contributed by atoms with Crippen LogP contribution >= 0.6 is 11.6 Å². The van der Waals surface area contributed by atoms with E-state index in [0.29, 0.717) is 37.9 Å². The van der Waals surface area contributed by atoms with Crippen LogP contribution in [0.2, 0.25) is 5.02 Å². The molecule has 2 aromatic rings. The minimum Gasteiger partial charge on any atom is -0.479 e. The molecule has 1 atom stereocenters. The summed E-state index contributed by atoms with van der Waals surface area (Å²) < 4.78 is 18.8. The molecule has 29 heavy (non-hydrogen) atoms. The molecule has 0 radical (unpaired) electrons. The number of anilines is 1. The predicted octanol–water partition coefficient (Wildman–Crippen LogP) is 2.42. The number of hydrogen-bond donors (Lipinski definition) is 2. The number of hydrogen-bond acceptors (Lipinski definition) is 5. The van der Waals surface area contributed by atoms with Crippen molar-refractivity contribution >= 4 is 23.5 Å². The number of aromatic amines is 1. The van der Waals surface area contributed by atoms with Crippen molar-refractivity contribution in [3.63, 3.8) is 0 Å². The number of halogens is 2. The summed E-state index contributed by atoms with van der Waals surface area (Å²) in [6.45, 7) is 2.73. The van der Waals surface area contributed by atoms with E-state index < -0.39 is 11.9 Å². The van der Waals surface area contributed by atoms with Crippen molar-refractivity contribution in [2.24, 2.45) is 0 Å². The highest BCUT2D eigenvalue weighted by atomic mass is 35.5. The maximum absolute atomic E-state index is 13.2. The number of nitrogens with two attached hydrogens (primary N) is 1. The zero-order valence-electron chi connectivity index (χ0n) is 16.0. The van der Waals surface area contributed by atoms with Gasteiger partial charge in [0.15, 0.2) is 6.10 Å². The average molecular weight is 421 g/mol. The lowest BCUT2D eigenvalue weighted by molar-refractivity contribution is -0.139. The summed E-state index contributed by atoms with van der Waals surface area (Å²) in [7, 11) is 0. The Bertz CT molecular complexity index is 1020. The Balaban J connectivity index is 1.44. The first-order valence-electron chi connectivity index (χ1n) is 9.59. The van der Waals surface area contributed by atoms with Gasteiger partial charge >= 0.3 is 0 Å². The normalized spacial score (nSPS) is 18.5. The van der Waals surface area contributed by atoms with E-state index in [-0.39, 0.29) is 33.6 Å². The second-order valence-corrected chi connectivity index (χ2v) is 8.13. The first-order chi connectivity index (χ1) is 13.8. The van der Waals surface area contributed by atoms with E-state index in [1.54, 1.807) is 11.8 Å². The van der Waals surface area contributed by atoms with E-state index >= 15 is 0 Å². The Kier molecular flexibility index (Phi) is 4.98. The highest BCUT2D eigenvalue weighted by Crippen LogP contribution is 2.44. The van der Waals surface area contributed by atoms with Crippen LogP contribution in [0.5, 0.6) is 5.75 Å². The van der Waals surface area contributed by atoms with Crippen molar-refractivity contribution < 1.29 is 13.9 Å². The summed E-state index contributed by atoms with van der Waals surface area (Å²) in [6, 6.07) is 3.80. The van der Waals surface area contributed by atoms with Gasteiger partial charge in [0, 0.05) is 24.1 Å². The molecule has 1 aromatic heterocycles. The largest absolute Gasteiger partial charge is 0.479 e. The molecule has 1 amide bonds. The van der Waals surface area contributed by atoms with Crippen LogP contribution in [0.25, 0.3) is 0 Å². The van der Waals surface area contributed by atoms with Gasteiger partial charge in [-0.3, -0.25) is 14.6 Å². The molecule has 0 bridgehead atoms. The molecule has 1 aromatic carbocycles. The van der Waals surface area contributed by atoms with Gasteiger partial charge in [0.25, 0.3) is 11.5 Å². The number of carbonyl (C=O) groups excluding carboxylic acids is 1. The van der Waals surface area contributed by atoms with Gasteiger partial charge < -0.3 is 15.4 Å². The highest BCUT2D eigenvalue weighted by molar-refractivity contribution is 6.32. The van der Waals surface area contributed by atoms with Crippen molar-refractivity contribution in [2.75, 3.05) is 18.8 Å². The lowest BCUT2D eigenvalue weighted by Gasteiger charge is -2.40. The lowest BCUT2D eigenvalue weighted by Crippen LogP contribution is -2.48. The SMILES string of the molecule is CC(Oc1ccc(F)cc1Cl)C(=O)N1CCC2(CCc3c2nc(N)[nH]c3=O)CC1. The molecule has 1 fully saturated rings. The zero-order chi connectivity index (χ0) is 20.8. The number of nitrogens with one attached hydrogen (secondary N) is 1. The predicted molar refractivity (Wildman–Crippen MR) is 107 cm³/mol. The van der Waals surface area contributed by atoms with Crippen LogP contribution in [-0.2, 0) is 16.6 Å². The summed E-state index contributed by atoms with van der Waals surface area (Å²) in [4.78, 5) is 33.7. The van der Waals surface area contributed by atoms with Crippen LogP contribution in [0.15, 0.2) is 23.0 Å². The van der Waals surface area contributed by atoms with E-state index in [1.807, 2.05) is 0 Å². The van der Waals surface area contributed by atoms with E-state index in [4.69, 9.17) is 22.1 Å². The number of carbonyl (C=O) groups is 1. The molecule has 1 saturated heterocycles. The van der Waals surface area contributed by atoms with Crippen molar-refractivity contribution in [1.82, 2.24) is 14.9 Å². The van der Waals surface area contributed by atoms with Crippen molar-refractivity contribution in [2.45, 2.75) is 44.1 Å². The van der Waals surface area contributed by atoms with Crippen molar-refractivity contribution in [3.8, 4) is 5.75 Å². The number of benzene rings is 1. The molecular formula is C20H22ClFN4O3. The van der Waals surface area contributed by atoms with Gasteiger partial charge in [-0.25, -0.2) is 9.37 Å². The number of fused-ring (bicyclic) bond motifs is 2. The van der Waals surface area contributed by atoms with Gasteiger partial charge in [0.2, 0.25) is 5.95 Å². The Morgan fingerprint density at radius 1 is 1.38 bits per heavy atom. The second kappa shape index (κ2) is 7.33.